The van der Waals surface area contributed by atoms with E-state index in [1.165, 1.54) is 42.5 Å². The zero-order chi connectivity index (χ0) is 24.4. The highest BCUT2D eigenvalue weighted by molar-refractivity contribution is 7.16. The van der Waals surface area contributed by atoms with Crippen LogP contribution in [-0.2, 0) is 16.6 Å². The average Bonchev–Trinajstić information content (AvgIpc) is 3.47. The van der Waals surface area contributed by atoms with Gasteiger partial charge in [0.2, 0.25) is 5.91 Å². The summed E-state index contributed by atoms with van der Waals surface area (Å²) in [6.45, 7) is 6.88. The monoisotopic (exact) mass is 513 g/mol. The molecule has 6 heteroatoms. The molecule has 2 saturated heterocycles. The van der Waals surface area contributed by atoms with Crippen LogP contribution in [0.15, 0.2) is 30.3 Å². The van der Waals surface area contributed by atoms with Gasteiger partial charge in [-0.3, -0.25) is 4.79 Å². The Kier molecular flexibility index (Phi) is 7.86. The van der Waals surface area contributed by atoms with Crippen molar-refractivity contribution in [1.29, 1.82) is 0 Å². The third kappa shape index (κ3) is 5.06. The van der Waals surface area contributed by atoms with Crippen LogP contribution in [-0.4, -0.2) is 41.5 Å². The van der Waals surface area contributed by atoms with Gasteiger partial charge in [-0.2, -0.15) is 0 Å². The number of aromatic nitrogens is 1. The number of aryl methyl sites for hydroxylation is 1. The lowest BCUT2D eigenvalue weighted by Gasteiger charge is -2.46. The Morgan fingerprint density at radius 1 is 1.20 bits per heavy atom. The SMILES string of the molecule is CCCc1nc(Cl)sc1C1(C)CNCC1C(=O)N1CCC(c2ccccc2)CC1C1CCCCC1. The Hall–Kier alpha value is -1.43. The molecule has 190 valence electrons. The number of piperidine rings is 1. The maximum atomic E-state index is 14.4. The zero-order valence-electron chi connectivity index (χ0n) is 21.3. The molecule has 4 atom stereocenters. The largest absolute Gasteiger partial charge is 0.339 e. The first-order chi connectivity index (χ1) is 17.0. The maximum Gasteiger partial charge on any atom is 0.228 e. The van der Waals surface area contributed by atoms with Gasteiger partial charge < -0.3 is 10.2 Å². The van der Waals surface area contributed by atoms with Gasteiger partial charge in [0.15, 0.2) is 4.47 Å². The van der Waals surface area contributed by atoms with Crippen molar-refractivity contribution in [2.45, 2.75) is 89.0 Å². The minimum Gasteiger partial charge on any atom is -0.339 e. The molecule has 1 amide bonds. The number of amides is 1. The fourth-order valence-corrected chi connectivity index (χ4v) is 8.43. The van der Waals surface area contributed by atoms with Crippen molar-refractivity contribution in [3.63, 3.8) is 0 Å². The lowest BCUT2D eigenvalue weighted by Crippen LogP contribution is -2.54. The number of hydrogen-bond acceptors (Lipinski definition) is 4. The molecular weight excluding hydrogens is 474 g/mol. The van der Waals surface area contributed by atoms with E-state index in [4.69, 9.17) is 11.6 Å². The second-order valence-corrected chi connectivity index (χ2v) is 12.8. The van der Waals surface area contributed by atoms with Crippen LogP contribution in [0.3, 0.4) is 0 Å². The molecule has 0 spiro atoms. The lowest BCUT2D eigenvalue weighted by atomic mass is 9.73. The number of nitrogens with zero attached hydrogens (tertiary/aromatic N) is 2. The van der Waals surface area contributed by atoms with Crippen molar-refractivity contribution < 1.29 is 4.79 Å². The summed E-state index contributed by atoms with van der Waals surface area (Å²) in [6, 6.07) is 11.3. The highest BCUT2D eigenvalue weighted by atomic mass is 35.5. The first kappa shape index (κ1) is 25.2. The molecule has 35 heavy (non-hydrogen) atoms. The van der Waals surface area contributed by atoms with Gasteiger partial charge in [0.05, 0.1) is 11.6 Å². The number of carbonyl (C=O) groups is 1. The van der Waals surface area contributed by atoms with Crippen molar-refractivity contribution in [3.8, 4) is 0 Å². The first-order valence-corrected chi connectivity index (χ1v) is 14.9. The summed E-state index contributed by atoms with van der Waals surface area (Å²) in [6.07, 6.45) is 10.6. The normalized spacial score (nSPS) is 30.0. The van der Waals surface area contributed by atoms with Crippen LogP contribution in [0.4, 0.5) is 0 Å². The van der Waals surface area contributed by atoms with E-state index in [0.717, 1.165) is 51.0 Å². The molecule has 1 aliphatic carbocycles. The molecule has 1 N–H and O–H groups in total. The number of likely N-dealkylation sites (tertiary alicyclic amines) is 1. The molecule has 2 aliphatic heterocycles. The highest BCUT2D eigenvalue weighted by Gasteiger charge is 2.50. The smallest absolute Gasteiger partial charge is 0.228 e. The third-order valence-electron chi connectivity index (χ3n) is 8.98. The first-order valence-electron chi connectivity index (χ1n) is 13.7. The Morgan fingerprint density at radius 2 is 1.97 bits per heavy atom. The van der Waals surface area contributed by atoms with Crippen LogP contribution >= 0.6 is 22.9 Å². The van der Waals surface area contributed by atoms with Crippen LogP contribution in [0.2, 0.25) is 4.47 Å². The number of hydrogen-bond donors (Lipinski definition) is 1. The van der Waals surface area contributed by atoms with Crippen molar-refractivity contribution in [1.82, 2.24) is 15.2 Å². The Labute approximate surface area is 219 Å². The second-order valence-electron chi connectivity index (χ2n) is 11.2. The van der Waals surface area contributed by atoms with Gasteiger partial charge in [-0.05, 0) is 49.5 Å². The predicted octanol–water partition coefficient (Wildman–Crippen LogP) is 6.58. The molecule has 2 aromatic rings. The van der Waals surface area contributed by atoms with Gasteiger partial charge in [-0.15, -0.1) is 11.3 Å². The van der Waals surface area contributed by atoms with Crippen LogP contribution in [0, 0.1) is 11.8 Å². The standard InChI is InChI=1S/C29H40ClN3OS/c1-3-10-24-26(35-28(30)32-24)29(2)19-31-18-23(29)27(34)33-16-15-22(20-11-6-4-7-12-20)17-25(33)21-13-8-5-9-14-21/h4,6-7,11-12,21-23,25,31H,3,5,8-10,13-19H2,1-2H3. The minimum absolute atomic E-state index is 0.0611. The zero-order valence-corrected chi connectivity index (χ0v) is 22.8. The van der Waals surface area contributed by atoms with Crippen LogP contribution in [0.5, 0.6) is 0 Å². The number of benzene rings is 1. The third-order valence-corrected chi connectivity index (χ3v) is 10.5. The van der Waals surface area contributed by atoms with Gasteiger partial charge in [-0.25, -0.2) is 4.98 Å². The Balaban J connectivity index is 1.42. The summed E-state index contributed by atoms with van der Waals surface area (Å²) in [7, 11) is 0. The van der Waals surface area contributed by atoms with Crippen molar-refractivity contribution in [2.24, 2.45) is 11.8 Å². The quantitative estimate of drug-likeness (QED) is 0.474. The van der Waals surface area contributed by atoms with Gasteiger partial charge >= 0.3 is 0 Å². The molecule has 3 aliphatic rings. The topological polar surface area (TPSA) is 45.2 Å². The van der Waals surface area contributed by atoms with Crippen LogP contribution in [0.1, 0.15) is 87.3 Å². The molecule has 0 radical (unpaired) electrons. The van der Waals surface area contributed by atoms with E-state index in [1.807, 2.05) is 0 Å². The van der Waals surface area contributed by atoms with Crippen molar-refractivity contribution in [2.75, 3.05) is 19.6 Å². The van der Waals surface area contributed by atoms with E-state index in [9.17, 15) is 4.79 Å². The van der Waals surface area contributed by atoms with Gasteiger partial charge in [-0.1, -0.05) is 81.5 Å². The van der Waals surface area contributed by atoms with E-state index >= 15 is 0 Å². The number of thiazole rings is 1. The molecule has 4 nitrogen and oxygen atoms in total. The molecular formula is C29H40ClN3OS. The summed E-state index contributed by atoms with van der Waals surface area (Å²) >= 11 is 8.00. The van der Waals surface area contributed by atoms with Gasteiger partial charge in [0.25, 0.3) is 0 Å². The Morgan fingerprint density at radius 3 is 2.71 bits per heavy atom. The molecule has 0 bridgehead atoms. The van der Waals surface area contributed by atoms with E-state index in [-0.39, 0.29) is 11.3 Å². The minimum atomic E-state index is -0.250. The fraction of sp³-hybridized carbons (Fsp3) is 0.655. The van der Waals surface area contributed by atoms with E-state index in [0.29, 0.717) is 28.3 Å². The van der Waals surface area contributed by atoms with Gasteiger partial charge in [0.1, 0.15) is 0 Å². The molecule has 4 unspecified atom stereocenters. The molecule has 1 saturated carbocycles. The van der Waals surface area contributed by atoms with E-state index in [2.05, 4.69) is 59.4 Å². The molecule has 3 heterocycles. The van der Waals surface area contributed by atoms with E-state index < -0.39 is 0 Å². The number of rotatable bonds is 6. The van der Waals surface area contributed by atoms with Crippen molar-refractivity contribution in [3.05, 3.63) is 50.9 Å². The molecule has 5 rings (SSSR count). The summed E-state index contributed by atoms with van der Waals surface area (Å²) < 4.78 is 0.603. The van der Waals surface area contributed by atoms with Crippen LogP contribution in [0.25, 0.3) is 0 Å². The maximum absolute atomic E-state index is 14.4. The molecule has 1 aromatic carbocycles. The summed E-state index contributed by atoms with van der Waals surface area (Å²) in [5.74, 6) is 1.48. The predicted molar refractivity (Wildman–Crippen MR) is 145 cm³/mol. The lowest BCUT2D eigenvalue weighted by molar-refractivity contribution is -0.142. The number of halogens is 1. The highest BCUT2D eigenvalue weighted by Crippen LogP contribution is 2.45. The number of nitrogens with one attached hydrogen (secondary N) is 1. The number of carbonyl (C=O) groups excluding carboxylic acids is 1. The summed E-state index contributed by atoms with van der Waals surface area (Å²) in [5, 5.41) is 3.58. The van der Waals surface area contributed by atoms with Crippen LogP contribution < -0.4 is 5.32 Å². The van der Waals surface area contributed by atoms with Gasteiger partial charge in [0, 0.05) is 36.0 Å². The fourth-order valence-electron chi connectivity index (χ4n) is 7.06. The Bertz CT molecular complexity index is 1000. The molecule has 1 aromatic heterocycles. The van der Waals surface area contributed by atoms with E-state index in [1.54, 1.807) is 11.3 Å². The van der Waals surface area contributed by atoms with Crippen molar-refractivity contribution >= 4 is 28.8 Å². The second kappa shape index (κ2) is 10.9. The average molecular weight is 514 g/mol. The summed E-state index contributed by atoms with van der Waals surface area (Å²) in [5.41, 5.74) is 2.29. The summed E-state index contributed by atoms with van der Waals surface area (Å²) in [4.78, 5) is 22.6. The molecule has 3 fully saturated rings.